The minimum Gasteiger partial charge on any atom is -0.484 e. The number of aromatic nitrogens is 5. The first-order valence-electron chi connectivity index (χ1n) is 14.3. The van der Waals surface area contributed by atoms with Crippen molar-refractivity contribution in [1.29, 1.82) is 0 Å². The van der Waals surface area contributed by atoms with Crippen LogP contribution in [0.4, 0.5) is 4.39 Å². The van der Waals surface area contributed by atoms with E-state index in [1.807, 2.05) is 30.7 Å². The quantitative estimate of drug-likeness (QED) is 0.187. The number of halogens is 2. The second-order valence-corrected chi connectivity index (χ2v) is 11.1. The third-order valence-electron chi connectivity index (χ3n) is 7.68. The predicted octanol–water partition coefficient (Wildman–Crippen LogP) is 6.42. The lowest BCUT2D eigenvalue weighted by Crippen LogP contribution is -2.38. The Kier molecular flexibility index (Phi) is 8.39. The highest BCUT2D eigenvalue weighted by Crippen LogP contribution is 2.25. The van der Waals surface area contributed by atoms with Gasteiger partial charge < -0.3 is 18.6 Å². The number of imidazole rings is 2. The highest BCUT2D eigenvalue weighted by Gasteiger charge is 2.23. The number of nitrogens with zero attached hydrogens (tertiary/aromatic N) is 6. The number of pyridine rings is 1. The number of fused-ring (bicyclic) bond motifs is 1. The van der Waals surface area contributed by atoms with Crippen LogP contribution in [0.15, 0.2) is 67.1 Å². The van der Waals surface area contributed by atoms with Crippen molar-refractivity contribution in [3.63, 3.8) is 0 Å². The number of likely N-dealkylation sites (tertiary alicyclic amines) is 1. The maximum absolute atomic E-state index is 14.1. The van der Waals surface area contributed by atoms with E-state index in [1.54, 1.807) is 6.07 Å². The Hall–Kier alpha value is -3.95. The van der Waals surface area contributed by atoms with Gasteiger partial charge in [-0.25, -0.2) is 19.3 Å². The van der Waals surface area contributed by atoms with Gasteiger partial charge in [0.1, 0.15) is 18.5 Å². The van der Waals surface area contributed by atoms with Crippen molar-refractivity contribution in [2.75, 3.05) is 13.1 Å². The molecule has 0 bridgehead atoms. The maximum Gasteiger partial charge on any atom is 0.213 e. The van der Waals surface area contributed by atoms with Gasteiger partial charge in [-0.3, -0.25) is 4.90 Å². The SMILES string of the molecule is CCn1cncc1Cn1c(CN2CCC(Oc3cccc(COc4ccc(Cl)cc4F)n3)CC2)nc2ccc(C)cc21. The van der Waals surface area contributed by atoms with Crippen molar-refractivity contribution >= 4 is 22.6 Å². The molecule has 5 aromatic rings. The van der Waals surface area contributed by atoms with E-state index in [0.717, 1.165) is 62.4 Å². The lowest BCUT2D eigenvalue weighted by atomic mass is 10.1. The molecule has 1 saturated heterocycles. The Morgan fingerprint density at radius 1 is 1.02 bits per heavy atom. The molecule has 0 amide bonds. The molecule has 42 heavy (non-hydrogen) atoms. The summed E-state index contributed by atoms with van der Waals surface area (Å²) in [4.78, 5) is 16.4. The van der Waals surface area contributed by atoms with E-state index in [2.05, 4.69) is 56.0 Å². The molecule has 4 heterocycles. The van der Waals surface area contributed by atoms with Crippen LogP contribution in [0.25, 0.3) is 11.0 Å². The molecule has 218 valence electrons. The number of hydrogen-bond acceptors (Lipinski definition) is 6. The predicted molar refractivity (Wildman–Crippen MR) is 160 cm³/mol. The highest BCUT2D eigenvalue weighted by molar-refractivity contribution is 6.30. The minimum absolute atomic E-state index is 0.0685. The standard InChI is InChI=1S/C32H34ClFN6O2/c1-3-39-21-35-17-25(39)18-40-29-15-22(2)7-9-28(29)37-31(40)19-38-13-11-26(12-14-38)42-32-6-4-5-24(36-32)20-41-30-10-8-23(33)16-27(30)34/h4-10,15-17,21,26H,3,11-14,18-20H2,1-2H3. The molecular formula is C32H34ClFN6O2. The van der Waals surface area contributed by atoms with Crippen molar-refractivity contribution < 1.29 is 13.9 Å². The maximum atomic E-state index is 14.1. The summed E-state index contributed by atoms with van der Waals surface area (Å²) < 4.78 is 30.4. The lowest BCUT2D eigenvalue weighted by Gasteiger charge is -2.31. The number of hydrogen-bond donors (Lipinski definition) is 0. The van der Waals surface area contributed by atoms with E-state index in [9.17, 15) is 4.39 Å². The van der Waals surface area contributed by atoms with Crippen molar-refractivity contribution in [1.82, 2.24) is 29.0 Å². The third-order valence-corrected chi connectivity index (χ3v) is 7.91. The average Bonchev–Trinajstić information content (AvgIpc) is 3.58. The van der Waals surface area contributed by atoms with E-state index in [4.69, 9.17) is 26.1 Å². The van der Waals surface area contributed by atoms with Gasteiger partial charge in [0.2, 0.25) is 5.88 Å². The van der Waals surface area contributed by atoms with E-state index in [0.29, 0.717) is 16.6 Å². The number of ether oxygens (including phenoxy) is 2. The number of piperidine rings is 1. The molecule has 6 rings (SSSR count). The van der Waals surface area contributed by atoms with Crippen LogP contribution in [-0.4, -0.2) is 48.2 Å². The Morgan fingerprint density at radius 3 is 2.69 bits per heavy atom. The van der Waals surface area contributed by atoms with Gasteiger partial charge in [0.15, 0.2) is 11.6 Å². The fourth-order valence-electron chi connectivity index (χ4n) is 5.41. The molecule has 2 aromatic carbocycles. The van der Waals surface area contributed by atoms with Gasteiger partial charge in [-0.05, 0) is 68.7 Å². The van der Waals surface area contributed by atoms with Gasteiger partial charge in [-0.15, -0.1) is 0 Å². The Labute approximate surface area is 249 Å². The van der Waals surface area contributed by atoms with Crippen LogP contribution in [0.5, 0.6) is 11.6 Å². The zero-order chi connectivity index (χ0) is 29.1. The van der Waals surface area contributed by atoms with Crippen LogP contribution < -0.4 is 9.47 Å². The summed E-state index contributed by atoms with van der Waals surface area (Å²) >= 11 is 5.83. The Morgan fingerprint density at radius 2 is 1.88 bits per heavy atom. The van der Waals surface area contributed by atoms with Gasteiger partial charge in [0, 0.05) is 36.9 Å². The molecule has 1 aliphatic heterocycles. The minimum atomic E-state index is -0.500. The van der Waals surface area contributed by atoms with Crippen LogP contribution in [0.3, 0.4) is 0 Å². The molecule has 0 N–H and O–H groups in total. The molecule has 0 aliphatic carbocycles. The first-order valence-corrected chi connectivity index (χ1v) is 14.7. The van der Waals surface area contributed by atoms with Crippen LogP contribution >= 0.6 is 11.6 Å². The molecule has 0 saturated carbocycles. The van der Waals surface area contributed by atoms with Crippen LogP contribution in [0, 0.1) is 12.7 Å². The first-order chi connectivity index (χ1) is 20.4. The molecule has 3 aromatic heterocycles. The fraction of sp³-hybridized carbons (Fsp3) is 0.344. The molecule has 8 nitrogen and oxygen atoms in total. The zero-order valence-electron chi connectivity index (χ0n) is 23.8. The summed E-state index contributed by atoms with van der Waals surface area (Å²) in [5.74, 6) is 1.25. The molecule has 1 aliphatic rings. The second kappa shape index (κ2) is 12.5. The number of aryl methyl sites for hydroxylation is 2. The molecule has 10 heteroatoms. The smallest absolute Gasteiger partial charge is 0.213 e. The van der Waals surface area contributed by atoms with Gasteiger partial charge in [-0.1, -0.05) is 23.7 Å². The Bertz CT molecular complexity index is 1680. The summed E-state index contributed by atoms with van der Waals surface area (Å²) in [7, 11) is 0. The van der Waals surface area contributed by atoms with Crippen molar-refractivity contribution in [3.8, 4) is 11.6 Å². The third kappa shape index (κ3) is 6.42. The molecular weight excluding hydrogens is 555 g/mol. The first kappa shape index (κ1) is 28.2. The van der Waals surface area contributed by atoms with E-state index in [-0.39, 0.29) is 18.5 Å². The topological polar surface area (TPSA) is 70.2 Å². The molecule has 0 atom stereocenters. The van der Waals surface area contributed by atoms with E-state index < -0.39 is 5.82 Å². The normalized spacial score (nSPS) is 14.5. The van der Waals surface area contributed by atoms with Crippen LogP contribution in [0.1, 0.15) is 42.5 Å². The van der Waals surface area contributed by atoms with Crippen molar-refractivity contribution in [2.24, 2.45) is 0 Å². The van der Waals surface area contributed by atoms with Crippen molar-refractivity contribution in [2.45, 2.75) is 59.0 Å². The summed E-state index contributed by atoms with van der Waals surface area (Å²) in [6.07, 6.45) is 5.68. The highest BCUT2D eigenvalue weighted by atomic mass is 35.5. The van der Waals surface area contributed by atoms with Crippen LogP contribution in [0.2, 0.25) is 5.02 Å². The van der Waals surface area contributed by atoms with Gasteiger partial charge in [0.25, 0.3) is 0 Å². The van der Waals surface area contributed by atoms with Gasteiger partial charge in [-0.2, -0.15) is 0 Å². The zero-order valence-corrected chi connectivity index (χ0v) is 24.6. The van der Waals surface area contributed by atoms with Gasteiger partial charge >= 0.3 is 0 Å². The summed E-state index contributed by atoms with van der Waals surface area (Å²) in [5.41, 5.74) is 5.23. The van der Waals surface area contributed by atoms with Gasteiger partial charge in [0.05, 0.1) is 41.8 Å². The van der Waals surface area contributed by atoms with E-state index >= 15 is 0 Å². The van der Waals surface area contributed by atoms with Crippen LogP contribution in [-0.2, 0) is 26.2 Å². The number of benzene rings is 2. The van der Waals surface area contributed by atoms with E-state index in [1.165, 1.54) is 23.4 Å². The molecule has 0 unspecified atom stereocenters. The second-order valence-electron chi connectivity index (χ2n) is 10.7. The largest absolute Gasteiger partial charge is 0.484 e. The number of rotatable bonds is 10. The molecule has 1 fully saturated rings. The summed E-state index contributed by atoms with van der Waals surface area (Å²) in [5, 5.41) is 0.327. The average molecular weight is 589 g/mol. The lowest BCUT2D eigenvalue weighted by molar-refractivity contribution is 0.0910. The Balaban J connectivity index is 1.08. The monoisotopic (exact) mass is 588 g/mol. The summed E-state index contributed by atoms with van der Waals surface area (Å²) in [6, 6.07) is 16.4. The van der Waals surface area contributed by atoms with Crippen molar-refractivity contribution in [3.05, 3.63) is 101 Å². The molecule has 0 radical (unpaired) electrons. The summed E-state index contributed by atoms with van der Waals surface area (Å²) in [6.45, 7) is 8.58. The molecule has 0 spiro atoms. The fourth-order valence-corrected chi connectivity index (χ4v) is 5.57.